The Kier molecular flexibility index (Phi) is 2.30. The SMILES string of the molecule is Fc1[c]c(OC(F)F)cnc1. The summed E-state index contributed by atoms with van der Waals surface area (Å²) < 4.78 is 38.9. The lowest BCUT2D eigenvalue weighted by Gasteiger charge is -2.01. The number of aromatic nitrogens is 1. The highest BCUT2D eigenvalue weighted by Crippen LogP contribution is 2.11. The topological polar surface area (TPSA) is 22.1 Å². The minimum atomic E-state index is -2.98. The van der Waals surface area contributed by atoms with Crippen LogP contribution in [0.2, 0.25) is 0 Å². The van der Waals surface area contributed by atoms with Gasteiger partial charge in [-0.2, -0.15) is 8.78 Å². The molecule has 0 aliphatic heterocycles. The molecule has 59 valence electrons. The van der Waals surface area contributed by atoms with Crippen LogP contribution < -0.4 is 4.74 Å². The van der Waals surface area contributed by atoms with Crippen molar-refractivity contribution in [3.63, 3.8) is 0 Å². The number of nitrogens with zero attached hydrogens (tertiary/aromatic N) is 1. The fourth-order valence-electron chi connectivity index (χ4n) is 0.509. The smallest absolute Gasteiger partial charge is 0.387 e. The van der Waals surface area contributed by atoms with Crippen molar-refractivity contribution in [2.75, 3.05) is 0 Å². The van der Waals surface area contributed by atoms with Gasteiger partial charge in [0.1, 0.15) is 0 Å². The molecule has 1 aromatic rings. The van der Waals surface area contributed by atoms with Gasteiger partial charge in [-0.15, -0.1) is 0 Å². The van der Waals surface area contributed by atoms with Crippen LogP contribution in [0.1, 0.15) is 0 Å². The summed E-state index contributed by atoms with van der Waals surface area (Å²) in [5.74, 6) is -1.23. The van der Waals surface area contributed by atoms with Crippen molar-refractivity contribution in [3.8, 4) is 5.75 Å². The number of hydrogen-bond donors (Lipinski definition) is 0. The lowest BCUT2D eigenvalue weighted by molar-refractivity contribution is -0.0504. The lowest BCUT2D eigenvalue weighted by atomic mass is 10.4. The second kappa shape index (κ2) is 3.23. The van der Waals surface area contributed by atoms with E-state index in [0.717, 1.165) is 12.4 Å². The highest BCUT2D eigenvalue weighted by atomic mass is 19.3. The van der Waals surface area contributed by atoms with Gasteiger partial charge in [-0.25, -0.2) is 4.39 Å². The molecule has 0 unspecified atom stereocenters. The molecule has 0 bridgehead atoms. The van der Waals surface area contributed by atoms with Crippen molar-refractivity contribution < 1.29 is 17.9 Å². The molecule has 0 aliphatic carbocycles. The molecule has 0 N–H and O–H groups in total. The zero-order valence-corrected chi connectivity index (χ0v) is 5.22. The van der Waals surface area contributed by atoms with E-state index in [4.69, 9.17) is 0 Å². The van der Waals surface area contributed by atoms with Gasteiger partial charge in [0.2, 0.25) is 0 Å². The minimum absolute atomic E-state index is 0.403. The molecule has 0 fully saturated rings. The highest BCUT2D eigenvalue weighted by molar-refractivity contribution is 5.14. The molecule has 1 rings (SSSR count). The van der Waals surface area contributed by atoms with E-state index in [9.17, 15) is 13.2 Å². The molecule has 11 heavy (non-hydrogen) atoms. The summed E-state index contributed by atoms with van der Waals surface area (Å²) in [6.07, 6.45) is 1.80. The number of pyridine rings is 1. The maximum absolute atomic E-state index is 12.2. The molecule has 0 saturated heterocycles. The van der Waals surface area contributed by atoms with Crippen molar-refractivity contribution in [3.05, 3.63) is 24.3 Å². The number of hydrogen-bond acceptors (Lipinski definition) is 2. The first kappa shape index (κ1) is 7.84. The zero-order chi connectivity index (χ0) is 8.27. The van der Waals surface area contributed by atoms with Crippen LogP contribution in [0.3, 0.4) is 0 Å². The maximum atomic E-state index is 12.2. The fraction of sp³-hybridized carbons (Fsp3) is 0.167. The summed E-state index contributed by atoms with van der Waals surface area (Å²) >= 11 is 0. The molecule has 2 nitrogen and oxygen atoms in total. The molecule has 1 heterocycles. The Hall–Kier alpha value is -1.26. The predicted octanol–water partition coefficient (Wildman–Crippen LogP) is 1.62. The van der Waals surface area contributed by atoms with Crippen LogP contribution in [0.4, 0.5) is 13.2 Å². The number of ether oxygens (including phenoxy) is 1. The number of rotatable bonds is 2. The Labute approximate surface area is 60.6 Å². The Balaban J connectivity index is 2.71. The van der Waals surface area contributed by atoms with Crippen LogP contribution >= 0.6 is 0 Å². The number of alkyl halides is 2. The zero-order valence-electron chi connectivity index (χ0n) is 5.22. The van der Waals surface area contributed by atoms with Crippen LogP contribution in [0.15, 0.2) is 12.4 Å². The first-order chi connectivity index (χ1) is 5.18. The van der Waals surface area contributed by atoms with Gasteiger partial charge in [0.15, 0.2) is 11.6 Å². The van der Waals surface area contributed by atoms with E-state index in [-0.39, 0.29) is 0 Å². The Morgan fingerprint density at radius 2 is 2.18 bits per heavy atom. The van der Waals surface area contributed by atoms with Gasteiger partial charge in [0.25, 0.3) is 0 Å². The van der Waals surface area contributed by atoms with Crippen LogP contribution in [0.5, 0.6) is 5.75 Å². The van der Waals surface area contributed by atoms with Crippen LogP contribution in [0.25, 0.3) is 0 Å². The van der Waals surface area contributed by atoms with Crippen molar-refractivity contribution >= 4 is 0 Å². The predicted molar refractivity (Wildman–Crippen MR) is 29.7 cm³/mol. The second-order valence-corrected chi connectivity index (χ2v) is 1.62. The third kappa shape index (κ3) is 2.45. The summed E-state index contributed by atoms with van der Waals surface area (Å²) in [7, 11) is 0. The molecule has 0 saturated carbocycles. The van der Waals surface area contributed by atoms with Crippen molar-refractivity contribution in [1.29, 1.82) is 0 Å². The second-order valence-electron chi connectivity index (χ2n) is 1.62. The van der Waals surface area contributed by atoms with Crippen LogP contribution in [-0.2, 0) is 0 Å². The summed E-state index contributed by atoms with van der Waals surface area (Å²) in [6.45, 7) is -2.98. The van der Waals surface area contributed by atoms with Gasteiger partial charge in [-0.3, -0.25) is 4.98 Å². The molecule has 0 aliphatic rings. The minimum Gasteiger partial charge on any atom is -0.432 e. The fourth-order valence-corrected chi connectivity index (χ4v) is 0.509. The quantitative estimate of drug-likeness (QED) is 0.659. The van der Waals surface area contributed by atoms with E-state index >= 15 is 0 Å². The normalized spacial score (nSPS) is 10.2. The summed E-state index contributed by atoms with van der Waals surface area (Å²) in [5.41, 5.74) is 0. The molecule has 1 radical (unpaired) electrons. The molecular weight excluding hydrogens is 159 g/mol. The Morgan fingerprint density at radius 3 is 2.73 bits per heavy atom. The highest BCUT2D eigenvalue weighted by Gasteiger charge is 2.04. The third-order valence-electron chi connectivity index (χ3n) is 0.838. The van der Waals surface area contributed by atoms with E-state index in [1.54, 1.807) is 0 Å². The molecule has 0 atom stereocenters. The van der Waals surface area contributed by atoms with Crippen molar-refractivity contribution in [1.82, 2.24) is 4.98 Å². The van der Waals surface area contributed by atoms with Gasteiger partial charge in [-0.1, -0.05) is 0 Å². The summed E-state index contributed by atoms with van der Waals surface area (Å²) in [6, 6.07) is 1.91. The summed E-state index contributed by atoms with van der Waals surface area (Å²) in [4.78, 5) is 3.27. The first-order valence-electron chi connectivity index (χ1n) is 2.66. The summed E-state index contributed by atoms with van der Waals surface area (Å²) in [5, 5.41) is 0. The van der Waals surface area contributed by atoms with Crippen LogP contribution in [-0.4, -0.2) is 11.6 Å². The Morgan fingerprint density at radius 1 is 1.45 bits per heavy atom. The third-order valence-corrected chi connectivity index (χ3v) is 0.838. The number of halogens is 3. The maximum Gasteiger partial charge on any atom is 0.387 e. The molecule has 1 aromatic heterocycles. The lowest BCUT2D eigenvalue weighted by Crippen LogP contribution is -2.02. The average molecular weight is 162 g/mol. The molecule has 0 spiro atoms. The monoisotopic (exact) mass is 162 g/mol. The van der Waals surface area contributed by atoms with Gasteiger partial charge in [0, 0.05) is 0 Å². The molecule has 0 aromatic carbocycles. The van der Waals surface area contributed by atoms with Gasteiger partial charge < -0.3 is 4.74 Å². The molecule has 5 heteroatoms. The van der Waals surface area contributed by atoms with E-state index in [1.165, 1.54) is 0 Å². The first-order valence-corrected chi connectivity index (χ1v) is 2.66. The van der Waals surface area contributed by atoms with Gasteiger partial charge in [0.05, 0.1) is 18.5 Å². The van der Waals surface area contributed by atoms with E-state index in [1.807, 2.05) is 6.07 Å². The molecular formula is C6H3F3NO. The van der Waals surface area contributed by atoms with E-state index < -0.39 is 18.2 Å². The van der Waals surface area contributed by atoms with E-state index in [0.29, 0.717) is 0 Å². The largest absolute Gasteiger partial charge is 0.432 e. The van der Waals surface area contributed by atoms with Gasteiger partial charge in [-0.05, 0) is 0 Å². The molecule has 0 amide bonds. The van der Waals surface area contributed by atoms with Crippen LogP contribution in [0, 0.1) is 11.9 Å². The van der Waals surface area contributed by atoms with Gasteiger partial charge >= 0.3 is 6.61 Å². The standard InChI is InChI=1S/C6H3F3NO/c7-4-1-5(3-10-2-4)11-6(8)9/h2-3,6H. The Bertz CT molecular complexity index is 241. The van der Waals surface area contributed by atoms with Crippen molar-refractivity contribution in [2.24, 2.45) is 0 Å². The average Bonchev–Trinajstić information content (AvgIpc) is 1.85. The van der Waals surface area contributed by atoms with Crippen molar-refractivity contribution in [2.45, 2.75) is 6.61 Å². The van der Waals surface area contributed by atoms with E-state index in [2.05, 4.69) is 9.72 Å².